The molecule has 0 spiro atoms. The highest BCUT2D eigenvalue weighted by Crippen LogP contribution is 2.39. The Labute approximate surface area is 160 Å². The molecule has 1 aromatic heterocycles. The van der Waals surface area contributed by atoms with E-state index in [0.29, 0.717) is 28.5 Å². The molecule has 2 N–H and O–H groups in total. The van der Waals surface area contributed by atoms with Gasteiger partial charge in [0, 0.05) is 24.4 Å². The van der Waals surface area contributed by atoms with Crippen molar-refractivity contribution in [2.24, 2.45) is 0 Å². The number of nitro benzene ring substituents is 1. The van der Waals surface area contributed by atoms with Crippen LogP contribution in [0.1, 0.15) is 41.9 Å². The van der Waals surface area contributed by atoms with Gasteiger partial charge in [-0.1, -0.05) is 13.3 Å². The van der Waals surface area contributed by atoms with Crippen LogP contribution in [0.4, 0.5) is 22.1 Å². The lowest BCUT2D eigenvalue weighted by Crippen LogP contribution is -2.05. The van der Waals surface area contributed by atoms with Gasteiger partial charge in [0.15, 0.2) is 0 Å². The number of hydrogen-bond donors (Lipinski definition) is 2. The Balaban J connectivity index is 2.39. The monoisotopic (exact) mass is 388 g/mol. The maximum absolute atomic E-state index is 12.3. The number of carbonyl (C=O) groups excluding carboxylic acids is 1. The lowest BCUT2D eigenvalue weighted by molar-refractivity contribution is -0.384. The maximum Gasteiger partial charge on any atom is 0.350 e. The van der Waals surface area contributed by atoms with Crippen molar-refractivity contribution in [2.45, 2.75) is 26.7 Å². The second kappa shape index (κ2) is 9.54. The number of non-ortho nitro benzene ring substituents is 1. The summed E-state index contributed by atoms with van der Waals surface area (Å²) < 4.78 is 5.10. The Hall–Kier alpha value is -3.12. The minimum atomic E-state index is -0.521. The quantitative estimate of drug-likeness (QED) is 0.278. The van der Waals surface area contributed by atoms with E-state index in [1.807, 2.05) is 0 Å². The topological polar surface area (TPSA) is 117 Å². The SMILES string of the molecule is CCCCNc1sc(C(=O)OCC)c(Nc2ccc([N+](=O)[O-])cc2)c1C#N. The van der Waals surface area contributed by atoms with E-state index in [1.165, 1.54) is 24.3 Å². The highest BCUT2D eigenvalue weighted by molar-refractivity contribution is 7.18. The average Bonchev–Trinajstić information content (AvgIpc) is 3.00. The fourth-order valence-corrected chi connectivity index (χ4v) is 3.34. The minimum absolute atomic E-state index is 0.0427. The zero-order valence-corrected chi connectivity index (χ0v) is 15.9. The molecule has 2 aromatic rings. The molecule has 0 fully saturated rings. The second-order valence-electron chi connectivity index (χ2n) is 5.55. The number of nitrogens with one attached hydrogen (secondary N) is 2. The fraction of sp³-hybridized carbons (Fsp3) is 0.333. The van der Waals surface area contributed by atoms with Crippen LogP contribution in [0.25, 0.3) is 0 Å². The van der Waals surface area contributed by atoms with Crippen LogP contribution in [0.2, 0.25) is 0 Å². The number of ether oxygens (including phenoxy) is 1. The van der Waals surface area contributed by atoms with Gasteiger partial charge in [-0.05, 0) is 25.5 Å². The summed E-state index contributed by atoms with van der Waals surface area (Å²) >= 11 is 1.16. The number of unbranched alkanes of at least 4 members (excludes halogenated alkanes) is 1. The predicted octanol–water partition coefficient (Wildman–Crippen LogP) is 4.66. The standard InChI is InChI=1S/C18H20N4O4S/c1-3-5-10-20-17-14(11-19)15(16(27-17)18(23)26-4-2)21-12-6-8-13(9-7-12)22(24)25/h6-9,20-21H,3-5,10H2,1-2H3. The molecule has 9 heteroatoms. The smallest absolute Gasteiger partial charge is 0.350 e. The van der Waals surface area contributed by atoms with E-state index < -0.39 is 10.9 Å². The van der Waals surface area contributed by atoms with Crippen molar-refractivity contribution in [2.75, 3.05) is 23.8 Å². The molecule has 0 atom stereocenters. The van der Waals surface area contributed by atoms with E-state index in [0.717, 1.165) is 24.2 Å². The molecule has 0 saturated carbocycles. The van der Waals surface area contributed by atoms with Crippen molar-refractivity contribution < 1.29 is 14.5 Å². The molecular formula is C18H20N4O4S. The van der Waals surface area contributed by atoms with Crippen LogP contribution in [-0.4, -0.2) is 24.0 Å². The largest absolute Gasteiger partial charge is 0.462 e. The zero-order chi connectivity index (χ0) is 19.8. The number of nitro groups is 1. The molecule has 0 radical (unpaired) electrons. The van der Waals surface area contributed by atoms with Crippen LogP contribution in [-0.2, 0) is 4.74 Å². The first kappa shape index (κ1) is 20.2. The Morgan fingerprint density at radius 1 is 1.33 bits per heavy atom. The minimum Gasteiger partial charge on any atom is -0.462 e. The lowest BCUT2D eigenvalue weighted by Gasteiger charge is -2.08. The molecule has 1 aromatic carbocycles. The Kier molecular flexibility index (Phi) is 7.14. The van der Waals surface area contributed by atoms with Gasteiger partial charge in [0.25, 0.3) is 5.69 Å². The van der Waals surface area contributed by atoms with Crippen LogP contribution in [0, 0.1) is 21.4 Å². The molecule has 27 heavy (non-hydrogen) atoms. The summed E-state index contributed by atoms with van der Waals surface area (Å²) in [6, 6.07) is 7.88. The van der Waals surface area contributed by atoms with Crippen molar-refractivity contribution in [1.29, 1.82) is 5.26 Å². The summed E-state index contributed by atoms with van der Waals surface area (Å²) in [5.74, 6) is -0.521. The number of esters is 1. The van der Waals surface area contributed by atoms with Gasteiger partial charge in [0.1, 0.15) is 21.5 Å². The van der Waals surface area contributed by atoms with Gasteiger partial charge in [0.2, 0.25) is 0 Å². The predicted molar refractivity (Wildman–Crippen MR) is 105 cm³/mol. The van der Waals surface area contributed by atoms with Gasteiger partial charge in [-0.15, -0.1) is 11.3 Å². The molecular weight excluding hydrogens is 368 g/mol. The van der Waals surface area contributed by atoms with Crippen molar-refractivity contribution in [3.63, 3.8) is 0 Å². The first-order valence-electron chi connectivity index (χ1n) is 8.51. The number of hydrogen-bond acceptors (Lipinski definition) is 8. The number of thiophene rings is 1. The first-order valence-corrected chi connectivity index (χ1v) is 9.32. The molecule has 0 saturated heterocycles. The van der Waals surface area contributed by atoms with E-state index >= 15 is 0 Å². The third-order valence-electron chi connectivity index (χ3n) is 3.64. The summed E-state index contributed by atoms with van der Waals surface area (Å²) in [7, 11) is 0. The summed E-state index contributed by atoms with van der Waals surface area (Å²) in [6.07, 6.45) is 1.93. The first-order chi connectivity index (χ1) is 13.0. The van der Waals surface area contributed by atoms with Crippen LogP contribution < -0.4 is 10.6 Å². The fourth-order valence-electron chi connectivity index (χ4n) is 2.31. The van der Waals surface area contributed by atoms with Crippen molar-refractivity contribution in [3.05, 3.63) is 44.8 Å². The van der Waals surface area contributed by atoms with Gasteiger partial charge in [-0.2, -0.15) is 5.26 Å². The van der Waals surface area contributed by atoms with Crippen LogP contribution in [0.15, 0.2) is 24.3 Å². The van der Waals surface area contributed by atoms with Crippen LogP contribution >= 0.6 is 11.3 Å². The summed E-state index contributed by atoms with van der Waals surface area (Å²) in [5.41, 5.74) is 1.14. The van der Waals surface area contributed by atoms with E-state index in [4.69, 9.17) is 4.74 Å². The van der Waals surface area contributed by atoms with Gasteiger partial charge in [-0.25, -0.2) is 4.79 Å². The number of nitrogens with zero attached hydrogens (tertiary/aromatic N) is 2. The van der Waals surface area contributed by atoms with Gasteiger partial charge < -0.3 is 15.4 Å². The molecule has 0 unspecified atom stereocenters. The number of carbonyl (C=O) groups is 1. The molecule has 142 valence electrons. The van der Waals surface area contributed by atoms with Gasteiger partial charge in [-0.3, -0.25) is 10.1 Å². The Morgan fingerprint density at radius 3 is 2.59 bits per heavy atom. The Morgan fingerprint density at radius 2 is 2.04 bits per heavy atom. The molecule has 0 aliphatic carbocycles. The van der Waals surface area contributed by atoms with E-state index in [1.54, 1.807) is 6.92 Å². The maximum atomic E-state index is 12.3. The lowest BCUT2D eigenvalue weighted by atomic mass is 10.2. The van der Waals surface area contributed by atoms with Crippen molar-refractivity contribution in [3.8, 4) is 6.07 Å². The van der Waals surface area contributed by atoms with E-state index in [2.05, 4.69) is 23.6 Å². The average molecular weight is 388 g/mol. The highest BCUT2D eigenvalue weighted by atomic mass is 32.1. The third kappa shape index (κ3) is 4.95. The van der Waals surface area contributed by atoms with Crippen molar-refractivity contribution >= 4 is 39.4 Å². The number of anilines is 3. The normalized spacial score (nSPS) is 10.1. The second-order valence-corrected chi connectivity index (χ2v) is 6.57. The Bertz CT molecular complexity index is 855. The molecule has 0 amide bonds. The van der Waals surface area contributed by atoms with Crippen LogP contribution in [0.5, 0.6) is 0 Å². The van der Waals surface area contributed by atoms with E-state index in [-0.39, 0.29) is 17.2 Å². The highest BCUT2D eigenvalue weighted by Gasteiger charge is 2.24. The molecule has 8 nitrogen and oxygen atoms in total. The summed E-state index contributed by atoms with van der Waals surface area (Å²) in [6.45, 7) is 4.67. The van der Waals surface area contributed by atoms with Gasteiger partial charge in [0.05, 0.1) is 17.2 Å². The third-order valence-corrected chi connectivity index (χ3v) is 4.77. The molecule has 2 rings (SSSR count). The van der Waals surface area contributed by atoms with Crippen LogP contribution in [0.3, 0.4) is 0 Å². The molecule has 0 aliphatic heterocycles. The van der Waals surface area contributed by atoms with E-state index in [9.17, 15) is 20.2 Å². The summed E-state index contributed by atoms with van der Waals surface area (Å²) in [4.78, 5) is 22.9. The van der Waals surface area contributed by atoms with Gasteiger partial charge >= 0.3 is 5.97 Å². The number of benzene rings is 1. The van der Waals surface area contributed by atoms with Crippen molar-refractivity contribution in [1.82, 2.24) is 0 Å². The zero-order valence-electron chi connectivity index (χ0n) is 15.1. The summed E-state index contributed by atoms with van der Waals surface area (Å²) in [5, 5.41) is 27.2. The molecule has 0 aliphatic rings. The number of nitriles is 1. The number of rotatable bonds is 9. The molecule has 1 heterocycles. The molecule has 0 bridgehead atoms.